The second-order valence-corrected chi connectivity index (χ2v) is 6.16. The molecular weight excluding hydrogens is 346 g/mol. The number of hydrogen-bond donors (Lipinski definition) is 1. The van der Waals surface area contributed by atoms with E-state index in [1.54, 1.807) is 23.5 Å². The third-order valence-corrected chi connectivity index (χ3v) is 4.35. The molecule has 1 heterocycles. The maximum atomic E-state index is 11.8. The van der Waals surface area contributed by atoms with Gasteiger partial charge in [-0.05, 0) is 58.1 Å². The minimum atomic E-state index is -0.186. The minimum Gasteiger partial charge on any atom is -0.321 e. The molecule has 0 saturated heterocycles. The first-order chi connectivity index (χ1) is 9.06. The summed E-state index contributed by atoms with van der Waals surface area (Å²) in [5.74, 6) is -0.186. The van der Waals surface area contributed by atoms with Gasteiger partial charge in [0.2, 0.25) is 5.91 Å². The quantitative estimate of drug-likeness (QED) is 0.759. The number of halogens is 2. The Balaban J connectivity index is 2.09. The summed E-state index contributed by atoms with van der Waals surface area (Å²) in [7, 11) is 0. The normalized spacial score (nSPS) is 10.9. The Bertz CT molecular complexity index is 623. The maximum absolute atomic E-state index is 11.8. The molecule has 2 aromatic rings. The standard InChI is InChI=1S/C14H11BrClNOS/c1-9-7-11(15)13(8-12(9)16)17-14(18)5-4-10-3-2-6-19-10/h2-8H,1H3,(H,17,18)/b5-4+. The van der Waals surface area contributed by atoms with E-state index in [-0.39, 0.29) is 5.91 Å². The van der Waals surface area contributed by atoms with E-state index in [1.807, 2.05) is 30.5 Å². The van der Waals surface area contributed by atoms with Crippen molar-refractivity contribution in [1.29, 1.82) is 0 Å². The number of aryl methyl sites for hydroxylation is 1. The maximum Gasteiger partial charge on any atom is 0.248 e. The fraction of sp³-hybridized carbons (Fsp3) is 0.0714. The van der Waals surface area contributed by atoms with Crippen LogP contribution in [-0.2, 0) is 4.79 Å². The lowest BCUT2D eigenvalue weighted by molar-refractivity contribution is -0.111. The van der Waals surface area contributed by atoms with Crippen molar-refractivity contribution in [3.63, 3.8) is 0 Å². The van der Waals surface area contributed by atoms with E-state index in [1.165, 1.54) is 6.08 Å². The molecular formula is C14H11BrClNOS. The van der Waals surface area contributed by atoms with Crippen LogP contribution in [0.25, 0.3) is 6.08 Å². The third-order valence-electron chi connectivity index (χ3n) is 2.45. The molecule has 2 nitrogen and oxygen atoms in total. The average Bonchev–Trinajstić information content (AvgIpc) is 2.86. The number of rotatable bonds is 3. The van der Waals surface area contributed by atoms with Crippen LogP contribution in [0, 0.1) is 6.92 Å². The second kappa shape index (κ2) is 6.37. The number of carbonyl (C=O) groups is 1. The summed E-state index contributed by atoms with van der Waals surface area (Å²) in [5.41, 5.74) is 1.62. The van der Waals surface area contributed by atoms with Gasteiger partial charge in [-0.1, -0.05) is 17.7 Å². The number of thiophene rings is 1. The van der Waals surface area contributed by atoms with Gasteiger partial charge in [0.15, 0.2) is 0 Å². The monoisotopic (exact) mass is 355 g/mol. The molecule has 0 aliphatic rings. The highest BCUT2D eigenvalue weighted by Gasteiger charge is 2.06. The van der Waals surface area contributed by atoms with Crippen LogP contribution < -0.4 is 5.32 Å². The van der Waals surface area contributed by atoms with E-state index in [4.69, 9.17) is 11.6 Å². The summed E-state index contributed by atoms with van der Waals surface area (Å²) < 4.78 is 0.812. The highest BCUT2D eigenvalue weighted by molar-refractivity contribution is 9.10. The predicted molar refractivity (Wildman–Crippen MR) is 85.9 cm³/mol. The van der Waals surface area contributed by atoms with E-state index in [0.29, 0.717) is 10.7 Å². The van der Waals surface area contributed by atoms with Crippen molar-refractivity contribution in [2.45, 2.75) is 6.92 Å². The van der Waals surface area contributed by atoms with Gasteiger partial charge in [0, 0.05) is 20.4 Å². The average molecular weight is 357 g/mol. The summed E-state index contributed by atoms with van der Waals surface area (Å²) in [5, 5.41) is 5.38. The van der Waals surface area contributed by atoms with Crippen molar-refractivity contribution < 1.29 is 4.79 Å². The summed E-state index contributed by atoms with van der Waals surface area (Å²) in [6.07, 6.45) is 3.29. The first kappa shape index (κ1) is 14.3. The smallest absolute Gasteiger partial charge is 0.248 e. The van der Waals surface area contributed by atoms with Crippen molar-refractivity contribution in [3.05, 3.63) is 55.7 Å². The van der Waals surface area contributed by atoms with E-state index < -0.39 is 0 Å². The van der Waals surface area contributed by atoms with Gasteiger partial charge in [-0.3, -0.25) is 4.79 Å². The number of nitrogens with one attached hydrogen (secondary N) is 1. The van der Waals surface area contributed by atoms with Crippen LogP contribution >= 0.6 is 38.9 Å². The van der Waals surface area contributed by atoms with Crippen LogP contribution in [0.15, 0.2) is 40.2 Å². The van der Waals surface area contributed by atoms with Gasteiger partial charge in [0.25, 0.3) is 0 Å². The van der Waals surface area contributed by atoms with E-state index >= 15 is 0 Å². The Morgan fingerprint density at radius 2 is 2.26 bits per heavy atom. The first-order valence-corrected chi connectivity index (χ1v) is 7.59. The van der Waals surface area contributed by atoms with Gasteiger partial charge in [-0.15, -0.1) is 11.3 Å². The SMILES string of the molecule is Cc1cc(Br)c(NC(=O)/C=C/c2cccs2)cc1Cl. The van der Waals surface area contributed by atoms with Gasteiger partial charge < -0.3 is 5.32 Å². The summed E-state index contributed by atoms with van der Waals surface area (Å²) >= 11 is 11.0. The number of benzene rings is 1. The topological polar surface area (TPSA) is 29.1 Å². The zero-order valence-corrected chi connectivity index (χ0v) is 13.3. The van der Waals surface area contributed by atoms with Gasteiger partial charge in [0.05, 0.1) is 5.69 Å². The predicted octanol–water partition coefficient (Wildman–Crippen LogP) is 5.12. The Labute approximate surface area is 129 Å². The van der Waals surface area contributed by atoms with Crippen LogP contribution in [0.2, 0.25) is 5.02 Å². The number of anilines is 1. The van der Waals surface area contributed by atoms with Gasteiger partial charge in [-0.2, -0.15) is 0 Å². The number of hydrogen-bond acceptors (Lipinski definition) is 2. The Kier molecular flexibility index (Phi) is 4.80. The summed E-state index contributed by atoms with van der Waals surface area (Å²) in [4.78, 5) is 12.8. The zero-order valence-electron chi connectivity index (χ0n) is 10.1. The van der Waals surface area contributed by atoms with E-state index in [2.05, 4.69) is 21.2 Å². The lowest BCUT2D eigenvalue weighted by Gasteiger charge is -2.07. The van der Waals surface area contributed by atoms with Crippen LogP contribution in [-0.4, -0.2) is 5.91 Å². The molecule has 0 aliphatic heterocycles. The molecule has 1 aromatic carbocycles. The van der Waals surface area contributed by atoms with Gasteiger partial charge in [0.1, 0.15) is 0 Å². The van der Waals surface area contributed by atoms with Crippen molar-refractivity contribution in [3.8, 4) is 0 Å². The van der Waals surface area contributed by atoms with Gasteiger partial charge >= 0.3 is 0 Å². The molecule has 19 heavy (non-hydrogen) atoms. The first-order valence-electron chi connectivity index (χ1n) is 5.54. The molecule has 1 N–H and O–H groups in total. The molecule has 0 aliphatic carbocycles. The lowest BCUT2D eigenvalue weighted by atomic mass is 10.2. The van der Waals surface area contributed by atoms with Crippen LogP contribution in [0.3, 0.4) is 0 Å². The second-order valence-electron chi connectivity index (χ2n) is 3.92. The van der Waals surface area contributed by atoms with Crippen LogP contribution in [0.5, 0.6) is 0 Å². The van der Waals surface area contributed by atoms with E-state index in [9.17, 15) is 4.79 Å². The van der Waals surface area contributed by atoms with Crippen molar-refractivity contribution in [2.24, 2.45) is 0 Å². The Morgan fingerprint density at radius 1 is 1.47 bits per heavy atom. The van der Waals surface area contributed by atoms with Crippen molar-refractivity contribution >= 4 is 56.5 Å². The molecule has 0 atom stereocenters. The molecule has 0 unspecified atom stereocenters. The molecule has 0 fully saturated rings. The highest BCUT2D eigenvalue weighted by Crippen LogP contribution is 2.29. The molecule has 0 saturated carbocycles. The van der Waals surface area contributed by atoms with Crippen LogP contribution in [0.1, 0.15) is 10.4 Å². The van der Waals surface area contributed by atoms with Crippen molar-refractivity contribution in [1.82, 2.24) is 0 Å². The minimum absolute atomic E-state index is 0.186. The lowest BCUT2D eigenvalue weighted by Crippen LogP contribution is -2.08. The van der Waals surface area contributed by atoms with Crippen LogP contribution in [0.4, 0.5) is 5.69 Å². The Morgan fingerprint density at radius 3 is 2.95 bits per heavy atom. The largest absolute Gasteiger partial charge is 0.321 e. The molecule has 5 heteroatoms. The molecule has 1 aromatic heterocycles. The summed E-state index contributed by atoms with van der Waals surface area (Å²) in [6.45, 7) is 1.91. The zero-order chi connectivity index (χ0) is 13.8. The number of amides is 1. The fourth-order valence-electron chi connectivity index (χ4n) is 1.46. The molecule has 0 radical (unpaired) electrons. The van der Waals surface area contributed by atoms with Gasteiger partial charge in [-0.25, -0.2) is 0 Å². The molecule has 2 rings (SSSR count). The third kappa shape index (κ3) is 3.93. The summed E-state index contributed by atoms with van der Waals surface area (Å²) in [6, 6.07) is 7.50. The molecule has 98 valence electrons. The molecule has 0 bridgehead atoms. The molecule has 1 amide bonds. The Hall–Kier alpha value is -1.10. The molecule has 0 spiro atoms. The fourth-order valence-corrected chi connectivity index (χ4v) is 2.80. The van der Waals surface area contributed by atoms with E-state index in [0.717, 1.165) is 14.9 Å². The number of carbonyl (C=O) groups excluding carboxylic acids is 1. The van der Waals surface area contributed by atoms with Crippen molar-refractivity contribution in [2.75, 3.05) is 5.32 Å². The highest BCUT2D eigenvalue weighted by atomic mass is 79.9.